The molecule has 0 aliphatic heterocycles. The molecule has 2 aromatic heterocycles. The Hall–Kier alpha value is -3.69. The molecule has 0 atom stereocenters. The number of H-pyrrole nitrogens is 1. The van der Waals surface area contributed by atoms with Crippen LogP contribution in [0.3, 0.4) is 0 Å². The molecule has 3 rings (SSSR count). The van der Waals surface area contributed by atoms with Crippen molar-refractivity contribution in [1.82, 2.24) is 25.5 Å². The molecule has 0 aliphatic rings. The number of hydrogen-bond donors (Lipinski definition) is 4. The van der Waals surface area contributed by atoms with Gasteiger partial charge in [0.2, 0.25) is 5.65 Å². The number of anilines is 1. The molecule has 3 aromatic rings. The first kappa shape index (κ1) is 17.1. The number of ether oxygens (including phenoxy) is 1. The first-order valence-electron chi connectivity index (χ1n) is 7.69. The number of carbonyl (C=O) groups excluding carboxylic acids is 1. The summed E-state index contributed by atoms with van der Waals surface area (Å²) in [7, 11) is 1.59. The van der Waals surface area contributed by atoms with Gasteiger partial charge in [-0.2, -0.15) is 5.10 Å². The van der Waals surface area contributed by atoms with Crippen LogP contribution < -0.4 is 15.4 Å². The third-order valence-electron chi connectivity index (χ3n) is 3.51. The fourth-order valence-corrected chi connectivity index (χ4v) is 2.22. The van der Waals surface area contributed by atoms with Gasteiger partial charge in [-0.05, 0) is 24.3 Å². The lowest BCUT2D eigenvalue weighted by molar-refractivity contribution is -0.136. The smallest absolute Gasteiger partial charge is 0.320 e. The second-order valence-corrected chi connectivity index (χ2v) is 5.28. The van der Waals surface area contributed by atoms with Crippen LogP contribution in [0.25, 0.3) is 22.4 Å². The van der Waals surface area contributed by atoms with E-state index >= 15 is 0 Å². The van der Waals surface area contributed by atoms with Crippen molar-refractivity contribution in [2.75, 3.05) is 19.0 Å². The van der Waals surface area contributed by atoms with Gasteiger partial charge < -0.3 is 15.2 Å². The van der Waals surface area contributed by atoms with Crippen LogP contribution in [0.4, 0.5) is 10.6 Å². The molecule has 0 spiro atoms. The van der Waals surface area contributed by atoms with Gasteiger partial charge >= 0.3 is 12.0 Å². The Labute approximate surface area is 147 Å². The summed E-state index contributed by atoms with van der Waals surface area (Å²) in [4.78, 5) is 31.0. The van der Waals surface area contributed by atoms with Gasteiger partial charge in [-0.1, -0.05) is 0 Å². The number of carboxylic acids is 1. The van der Waals surface area contributed by atoms with Crippen molar-refractivity contribution in [2.24, 2.45) is 0 Å². The molecule has 134 valence electrons. The number of aromatic nitrogens is 4. The minimum atomic E-state index is -0.993. The zero-order valence-electron chi connectivity index (χ0n) is 13.8. The number of hydrogen-bond acceptors (Lipinski definition) is 6. The largest absolute Gasteiger partial charge is 0.497 e. The Bertz CT molecular complexity index is 938. The van der Waals surface area contributed by atoms with Gasteiger partial charge in [0, 0.05) is 12.1 Å². The van der Waals surface area contributed by atoms with Gasteiger partial charge in [0.25, 0.3) is 0 Å². The van der Waals surface area contributed by atoms with E-state index in [1.807, 2.05) is 24.3 Å². The van der Waals surface area contributed by atoms with E-state index in [4.69, 9.17) is 9.84 Å². The number of nitrogens with one attached hydrogen (secondary N) is 3. The van der Waals surface area contributed by atoms with Crippen LogP contribution in [0.5, 0.6) is 5.75 Å². The lowest BCUT2D eigenvalue weighted by atomic mass is 10.1. The number of benzene rings is 1. The molecule has 26 heavy (non-hydrogen) atoms. The number of urea groups is 1. The first-order chi connectivity index (χ1) is 12.6. The lowest BCUT2D eigenvalue weighted by Gasteiger charge is -2.05. The van der Waals surface area contributed by atoms with Crippen LogP contribution in [0.1, 0.15) is 6.42 Å². The summed E-state index contributed by atoms with van der Waals surface area (Å²) >= 11 is 0. The highest BCUT2D eigenvalue weighted by Crippen LogP contribution is 2.23. The maximum Gasteiger partial charge on any atom is 0.320 e. The van der Waals surface area contributed by atoms with Crippen LogP contribution in [0, 0.1) is 0 Å². The average molecular weight is 356 g/mol. The second-order valence-electron chi connectivity index (χ2n) is 5.28. The van der Waals surface area contributed by atoms with Crippen LogP contribution >= 0.6 is 0 Å². The van der Waals surface area contributed by atoms with E-state index in [9.17, 15) is 9.59 Å². The van der Waals surface area contributed by atoms with Crippen molar-refractivity contribution >= 4 is 29.0 Å². The van der Waals surface area contributed by atoms with Crippen LogP contribution in [0.2, 0.25) is 0 Å². The number of nitrogens with zero attached hydrogens (tertiary/aromatic N) is 3. The Balaban J connectivity index is 1.79. The topological polar surface area (TPSA) is 142 Å². The molecule has 10 heteroatoms. The Kier molecular flexibility index (Phi) is 4.92. The molecule has 2 amide bonds. The van der Waals surface area contributed by atoms with E-state index < -0.39 is 12.0 Å². The van der Waals surface area contributed by atoms with Crippen molar-refractivity contribution in [1.29, 1.82) is 0 Å². The predicted molar refractivity (Wildman–Crippen MR) is 92.9 cm³/mol. The number of aromatic amines is 1. The summed E-state index contributed by atoms with van der Waals surface area (Å²) in [6.07, 6.45) is 1.42. The highest BCUT2D eigenvalue weighted by atomic mass is 16.5. The Morgan fingerprint density at radius 3 is 2.73 bits per heavy atom. The van der Waals surface area contributed by atoms with Crippen LogP contribution in [0.15, 0.2) is 30.5 Å². The zero-order valence-corrected chi connectivity index (χ0v) is 13.8. The number of carboxylic acid groups (broad SMARTS) is 1. The molecular formula is C16H16N6O4. The molecule has 10 nitrogen and oxygen atoms in total. The summed E-state index contributed by atoms with van der Waals surface area (Å²) in [6.45, 7) is 0.00993. The molecule has 0 fully saturated rings. The quantitative estimate of drug-likeness (QED) is 0.525. The Morgan fingerprint density at radius 1 is 1.27 bits per heavy atom. The molecule has 0 saturated carbocycles. The van der Waals surface area contributed by atoms with Gasteiger partial charge in [-0.3, -0.25) is 15.2 Å². The second kappa shape index (κ2) is 7.47. The molecule has 1 aromatic carbocycles. The van der Waals surface area contributed by atoms with Crippen molar-refractivity contribution in [3.05, 3.63) is 30.5 Å². The van der Waals surface area contributed by atoms with E-state index in [-0.39, 0.29) is 18.8 Å². The molecule has 0 unspecified atom stereocenters. The van der Waals surface area contributed by atoms with Gasteiger partial charge in [0.05, 0.1) is 25.4 Å². The fraction of sp³-hybridized carbons (Fsp3) is 0.188. The van der Waals surface area contributed by atoms with Gasteiger partial charge in [0.15, 0.2) is 11.3 Å². The van der Waals surface area contributed by atoms with Crippen molar-refractivity contribution in [3.8, 4) is 17.0 Å². The maximum absolute atomic E-state index is 11.8. The van der Waals surface area contributed by atoms with E-state index in [2.05, 4.69) is 30.8 Å². The fourth-order valence-electron chi connectivity index (χ4n) is 2.22. The monoisotopic (exact) mass is 356 g/mol. The lowest BCUT2D eigenvalue weighted by Crippen LogP contribution is -2.30. The molecule has 0 aliphatic carbocycles. The molecule has 4 N–H and O–H groups in total. The molecule has 0 radical (unpaired) electrons. The summed E-state index contributed by atoms with van der Waals surface area (Å²) < 4.78 is 5.13. The summed E-state index contributed by atoms with van der Waals surface area (Å²) in [5.74, 6) is 0.00876. The zero-order chi connectivity index (χ0) is 18.5. The van der Waals surface area contributed by atoms with Crippen molar-refractivity contribution in [2.45, 2.75) is 6.42 Å². The van der Waals surface area contributed by atoms with E-state index in [0.29, 0.717) is 16.9 Å². The molecule has 2 heterocycles. The third kappa shape index (κ3) is 3.86. The van der Waals surface area contributed by atoms with Gasteiger partial charge in [-0.15, -0.1) is 0 Å². The van der Waals surface area contributed by atoms with E-state index in [1.54, 1.807) is 13.3 Å². The van der Waals surface area contributed by atoms with E-state index in [0.717, 1.165) is 11.3 Å². The predicted octanol–water partition coefficient (Wildman–Crippen LogP) is 1.62. The third-order valence-corrected chi connectivity index (χ3v) is 3.51. The van der Waals surface area contributed by atoms with Crippen molar-refractivity contribution < 1.29 is 19.4 Å². The maximum atomic E-state index is 11.8. The van der Waals surface area contributed by atoms with Gasteiger partial charge in [0.1, 0.15) is 5.75 Å². The average Bonchev–Trinajstić information content (AvgIpc) is 3.03. The normalized spacial score (nSPS) is 10.5. The number of methoxy groups -OCH3 is 1. The van der Waals surface area contributed by atoms with Crippen molar-refractivity contribution in [3.63, 3.8) is 0 Å². The molecule has 0 saturated heterocycles. The number of fused-ring (bicyclic) bond motifs is 1. The minimum Gasteiger partial charge on any atom is -0.497 e. The highest BCUT2D eigenvalue weighted by molar-refractivity contribution is 5.96. The number of aliphatic carboxylic acids is 1. The van der Waals surface area contributed by atoms with Crippen LogP contribution in [-0.4, -0.2) is 50.9 Å². The summed E-state index contributed by atoms with van der Waals surface area (Å²) in [5.41, 5.74) is 2.18. The highest BCUT2D eigenvalue weighted by Gasteiger charge is 2.13. The molecule has 0 bridgehead atoms. The summed E-state index contributed by atoms with van der Waals surface area (Å²) in [5, 5.41) is 20.2. The van der Waals surface area contributed by atoms with Gasteiger partial charge in [-0.25, -0.2) is 14.8 Å². The standard InChI is InChI=1S/C16H16N6O4/c1-26-10-4-2-9(3-5-10)11-8-18-14-13(19-11)15(22-21-14)20-16(25)17-7-6-12(23)24/h2-5,8H,6-7H2,1H3,(H,23,24)(H3,17,18,20,21,22,25). The number of carbonyl (C=O) groups is 2. The number of rotatable bonds is 6. The van der Waals surface area contributed by atoms with Crippen LogP contribution in [-0.2, 0) is 4.79 Å². The first-order valence-corrected chi connectivity index (χ1v) is 7.69. The Morgan fingerprint density at radius 2 is 2.04 bits per heavy atom. The summed E-state index contributed by atoms with van der Waals surface area (Å²) in [6, 6.07) is 6.76. The SMILES string of the molecule is COc1ccc(-c2cnc3n[nH]c(NC(=O)NCCC(=O)O)c3n2)cc1. The minimum absolute atomic E-state index is 0.00993. The molecular weight excluding hydrogens is 340 g/mol. The van der Waals surface area contributed by atoms with E-state index in [1.165, 1.54) is 0 Å². The number of amides is 2.